The Morgan fingerprint density at radius 2 is 2.17 bits per heavy atom. The molecule has 0 fully saturated rings. The van der Waals surface area contributed by atoms with Gasteiger partial charge < -0.3 is 5.11 Å². The van der Waals surface area contributed by atoms with E-state index in [0.717, 1.165) is 20.8 Å². The van der Waals surface area contributed by atoms with Crippen molar-refractivity contribution < 1.29 is 5.11 Å². The molecule has 3 rings (SSSR count). The molecule has 5 heteroatoms. The van der Waals surface area contributed by atoms with E-state index in [1.165, 1.54) is 0 Å². The smallest absolute Gasteiger partial charge is 0.0853 e. The molecule has 3 heterocycles. The van der Waals surface area contributed by atoms with Gasteiger partial charge in [-0.1, -0.05) is 17.7 Å². The van der Waals surface area contributed by atoms with Gasteiger partial charge in [0.1, 0.15) is 0 Å². The Morgan fingerprint density at radius 3 is 2.94 bits per heavy atom. The summed E-state index contributed by atoms with van der Waals surface area (Å²) in [6, 6.07) is 9.34. The third kappa shape index (κ3) is 1.99. The largest absolute Gasteiger partial charge is 0.390 e. The molecule has 3 aromatic heterocycles. The predicted octanol–water partition coefficient (Wildman–Crippen LogP) is 3.50. The zero-order chi connectivity index (χ0) is 12.5. The number of halogens is 1. The van der Waals surface area contributed by atoms with Crippen LogP contribution in [0.4, 0.5) is 0 Å². The monoisotopic (exact) mass is 276 g/mol. The highest BCUT2D eigenvalue weighted by molar-refractivity contribution is 7.22. The average Bonchev–Trinajstić information content (AvgIpc) is 2.84. The molecular formula is C13H9ClN2OS. The molecule has 1 N–H and O–H groups in total. The van der Waals surface area contributed by atoms with E-state index in [4.69, 9.17) is 16.7 Å². The van der Waals surface area contributed by atoms with Gasteiger partial charge in [0.15, 0.2) is 0 Å². The van der Waals surface area contributed by atoms with Gasteiger partial charge in [0.05, 0.1) is 38.1 Å². The second-order valence-corrected chi connectivity index (χ2v) is 5.25. The molecule has 0 amide bonds. The molecule has 0 atom stereocenters. The number of aliphatic hydroxyl groups is 1. The van der Waals surface area contributed by atoms with Crippen LogP contribution in [-0.4, -0.2) is 15.1 Å². The van der Waals surface area contributed by atoms with E-state index in [0.29, 0.717) is 10.7 Å². The molecule has 0 saturated carbocycles. The van der Waals surface area contributed by atoms with Gasteiger partial charge in [-0.2, -0.15) is 0 Å². The normalized spacial score (nSPS) is 11.0. The molecule has 0 unspecified atom stereocenters. The molecule has 0 bridgehead atoms. The maximum atomic E-state index is 9.10. The maximum absolute atomic E-state index is 9.10. The fourth-order valence-electron chi connectivity index (χ4n) is 1.74. The first kappa shape index (κ1) is 11.6. The van der Waals surface area contributed by atoms with Gasteiger partial charge in [0.25, 0.3) is 0 Å². The van der Waals surface area contributed by atoms with Crippen molar-refractivity contribution in [3.63, 3.8) is 0 Å². The van der Waals surface area contributed by atoms with Crippen molar-refractivity contribution in [1.29, 1.82) is 0 Å². The van der Waals surface area contributed by atoms with Gasteiger partial charge in [-0.25, -0.2) is 4.98 Å². The number of rotatable bonds is 2. The lowest BCUT2D eigenvalue weighted by Gasteiger charge is -1.98. The van der Waals surface area contributed by atoms with Crippen LogP contribution in [0.2, 0.25) is 5.02 Å². The minimum Gasteiger partial charge on any atom is -0.390 e. The van der Waals surface area contributed by atoms with E-state index in [1.807, 2.05) is 18.2 Å². The fourth-order valence-corrected chi connectivity index (χ4v) is 3.00. The molecule has 0 spiro atoms. The van der Waals surface area contributed by atoms with Gasteiger partial charge >= 0.3 is 0 Å². The van der Waals surface area contributed by atoms with Crippen LogP contribution in [0.3, 0.4) is 0 Å². The third-order valence-electron chi connectivity index (χ3n) is 2.59. The molecule has 0 aliphatic carbocycles. The van der Waals surface area contributed by atoms with E-state index < -0.39 is 0 Å². The van der Waals surface area contributed by atoms with Crippen LogP contribution in [0.1, 0.15) is 5.69 Å². The molecule has 0 aliphatic rings. The summed E-state index contributed by atoms with van der Waals surface area (Å²) in [6.45, 7) is -0.0578. The Balaban J connectivity index is 2.16. The Morgan fingerprint density at radius 1 is 1.28 bits per heavy atom. The van der Waals surface area contributed by atoms with Crippen molar-refractivity contribution in [1.82, 2.24) is 9.97 Å². The summed E-state index contributed by atoms with van der Waals surface area (Å²) in [6.07, 6.45) is 1.69. The van der Waals surface area contributed by atoms with Crippen LogP contribution in [0.25, 0.3) is 20.8 Å². The third-order valence-corrected chi connectivity index (χ3v) is 4.19. The van der Waals surface area contributed by atoms with Crippen molar-refractivity contribution in [2.45, 2.75) is 6.61 Å². The minimum absolute atomic E-state index is 0.0578. The summed E-state index contributed by atoms with van der Waals surface area (Å²) in [7, 11) is 0. The summed E-state index contributed by atoms with van der Waals surface area (Å²) in [5.41, 5.74) is 2.36. The lowest BCUT2D eigenvalue weighted by atomic mass is 10.2. The first-order valence-corrected chi connectivity index (χ1v) is 6.58. The summed E-state index contributed by atoms with van der Waals surface area (Å²) in [5, 5.41) is 9.80. The summed E-state index contributed by atoms with van der Waals surface area (Å²) in [4.78, 5) is 9.66. The van der Waals surface area contributed by atoms with Gasteiger partial charge in [-0.15, -0.1) is 11.3 Å². The lowest BCUT2D eigenvalue weighted by molar-refractivity contribution is 0.277. The van der Waals surface area contributed by atoms with Crippen LogP contribution in [0.15, 0.2) is 36.5 Å². The van der Waals surface area contributed by atoms with Gasteiger partial charge in [-0.3, -0.25) is 4.98 Å². The zero-order valence-electron chi connectivity index (χ0n) is 9.30. The number of hydrogen-bond acceptors (Lipinski definition) is 4. The highest BCUT2D eigenvalue weighted by atomic mass is 35.5. The molecule has 0 aromatic carbocycles. The summed E-state index contributed by atoms with van der Waals surface area (Å²) >= 11 is 7.68. The number of thiophene rings is 1. The molecule has 3 nitrogen and oxygen atoms in total. The Kier molecular flexibility index (Phi) is 2.99. The van der Waals surface area contributed by atoms with E-state index in [9.17, 15) is 0 Å². The summed E-state index contributed by atoms with van der Waals surface area (Å²) in [5.74, 6) is 0. The Labute approximate surface area is 113 Å². The number of pyridine rings is 2. The van der Waals surface area contributed by atoms with Crippen molar-refractivity contribution in [3.8, 4) is 10.6 Å². The van der Waals surface area contributed by atoms with Crippen molar-refractivity contribution in [2.24, 2.45) is 0 Å². The SMILES string of the molecule is OCc1cccc(-c2cc3nccc(Cl)c3s2)n1. The zero-order valence-corrected chi connectivity index (χ0v) is 10.9. The van der Waals surface area contributed by atoms with Crippen LogP contribution < -0.4 is 0 Å². The van der Waals surface area contributed by atoms with Crippen LogP contribution in [-0.2, 0) is 6.61 Å². The molecule has 3 aromatic rings. The maximum Gasteiger partial charge on any atom is 0.0853 e. The number of aromatic nitrogens is 2. The second kappa shape index (κ2) is 4.65. The lowest BCUT2D eigenvalue weighted by Crippen LogP contribution is -1.89. The first-order valence-electron chi connectivity index (χ1n) is 5.39. The standard InChI is InChI=1S/C13H9ClN2OS/c14-9-4-5-15-11-6-12(18-13(9)11)10-3-1-2-8(7-17)16-10/h1-6,17H,7H2. The van der Waals surface area contributed by atoms with Crippen LogP contribution in [0.5, 0.6) is 0 Å². The topological polar surface area (TPSA) is 46.0 Å². The fraction of sp³-hybridized carbons (Fsp3) is 0.0769. The number of hydrogen-bond donors (Lipinski definition) is 1. The minimum atomic E-state index is -0.0578. The van der Waals surface area contributed by atoms with Crippen molar-refractivity contribution in [2.75, 3.05) is 0 Å². The molecule has 90 valence electrons. The Hall–Kier alpha value is -1.49. The van der Waals surface area contributed by atoms with E-state index in [1.54, 1.807) is 29.7 Å². The first-order chi connectivity index (χ1) is 8.78. The van der Waals surface area contributed by atoms with Crippen LogP contribution >= 0.6 is 22.9 Å². The molecule has 0 radical (unpaired) electrons. The van der Waals surface area contributed by atoms with Gasteiger partial charge in [-0.05, 0) is 24.3 Å². The number of nitrogens with zero attached hydrogens (tertiary/aromatic N) is 2. The predicted molar refractivity (Wildman–Crippen MR) is 73.8 cm³/mol. The Bertz CT molecular complexity index is 711. The van der Waals surface area contributed by atoms with Gasteiger partial charge in [0.2, 0.25) is 0 Å². The van der Waals surface area contributed by atoms with E-state index >= 15 is 0 Å². The second-order valence-electron chi connectivity index (χ2n) is 3.79. The highest BCUT2D eigenvalue weighted by Gasteiger charge is 2.09. The number of aliphatic hydroxyl groups excluding tert-OH is 1. The van der Waals surface area contributed by atoms with E-state index in [2.05, 4.69) is 9.97 Å². The molecule has 0 aliphatic heterocycles. The summed E-state index contributed by atoms with van der Waals surface area (Å²) < 4.78 is 0.963. The highest BCUT2D eigenvalue weighted by Crippen LogP contribution is 2.35. The quantitative estimate of drug-likeness (QED) is 0.779. The van der Waals surface area contributed by atoms with Crippen molar-refractivity contribution in [3.05, 3.63) is 47.2 Å². The van der Waals surface area contributed by atoms with Crippen molar-refractivity contribution >= 4 is 33.2 Å². The average molecular weight is 277 g/mol. The van der Waals surface area contributed by atoms with Gasteiger partial charge in [0, 0.05) is 6.20 Å². The molecular weight excluding hydrogens is 268 g/mol. The van der Waals surface area contributed by atoms with E-state index in [-0.39, 0.29) is 6.61 Å². The number of fused-ring (bicyclic) bond motifs is 1. The molecule has 18 heavy (non-hydrogen) atoms. The van der Waals surface area contributed by atoms with Crippen LogP contribution in [0, 0.1) is 0 Å². The molecule has 0 saturated heterocycles.